The van der Waals surface area contributed by atoms with E-state index in [4.69, 9.17) is 0 Å². The minimum Gasteiger partial charge on any atom is -0.353 e. The average Bonchev–Trinajstić information content (AvgIpc) is 2.57. The van der Waals surface area contributed by atoms with Crippen molar-refractivity contribution in [3.05, 3.63) is 41.5 Å². The van der Waals surface area contributed by atoms with Gasteiger partial charge in [-0.05, 0) is 44.0 Å². The van der Waals surface area contributed by atoms with E-state index in [1.807, 2.05) is 13.8 Å². The number of benzene rings is 1. The molecule has 25 heavy (non-hydrogen) atoms. The summed E-state index contributed by atoms with van der Waals surface area (Å²) in [5.41, 5.74) is -0.466. The zero-order chi connectivity index (χ0) is 18.9. The molecule has 0 aromatic heterocycles. The van der Waals surface area contributed by atoms with Crippen molar-refractivity contribution in [2.45, 2.75) is 32.9 Å². The van der Waals surface area contributed by atoms with Gasteiger partial charge in [0.1, 0.15) is 0 Å². The van der Waals surface area contributed by atoms with Crippen molar-refractivity contribution < 1.29 is 22.8 Å². The summed E-state index contributed by atoms with van der Waals surface area (Å²) in [4.78, 5) is 25.2. The lowest BCUT2D eigenvalue weighted by molar-refractivity contribution is -0.137. The molecule has 2 amide bonds. The van der Waals surface area contributed by atoms with Gasteiger partial charge in [-0.1, -0.05) is 12.1 Å². The number of nitrogens with one attached hydrogen (secondary N) is 1. The Balaban J connectivity index is 2.42. The Hall–Kier alpha value is -2.31. The van der Waals surface area contributed by atoms with Gasteiger partial charge in [0.15, 0.2) is 0 Å². The van der Waals surface area contributed by atoms with Crippen molar-refractivity contribution >= 4 is 17.9 Å². The van der Waals surface area contributed by atoms with Crippen molar-refractivity contribution in [1.29, 1.82) is 0 Å². The first-order valence-corrected chi connectivity index (χ1v) is 8.18. The van der Waals surface area contributed by atoms with E-state index in [-0.39, 0.29) is 5.91 Å². The minimum atomic E-state index is -4.41. The van der Waals surface area contributed by atoms with Gasteiger partial charge in [0.2, 0.25) is 11.8 Å². The molecular formula is C18H23F3N2O2. The van der Waals surface area contributed by atoms with Gasteiger partial charge in [-0.2, -0.15) is 13.2 Å². The van der Waals surface area contributed by atoms with E-state index in [9.17, 15) is 22.8 Å². The number of amides is 2. The zero-order valence-corrected chi connectivity index (χ0v) is 14.4. The van der Waals surface area contributed by atoms with Crippen LogP contribution >= 0.6 is 0 Å². The molecule has 0 saturated carbocycles. The predicted octanol–water partition coefficient (Wildman–Crippen LogP) is 3.48. The summed E-state index contributed by atoms with van der Waals surface area (Å²) in [6, 6.07) is 4.73. The molecule has 0 unspecified atom stereocenters. The molecule has 0 aliphatic heterocycles. The molecular weight excluding hydrogens is 333 g/mol. The maximum Gasteiger partial charge on any atom is 0.416 e. The molecule has 1 aromatic carbocycles. The third kappa shape index (κ3) is 7.41. The van der Waals surface area contributed by atoms with E-state index in [0.717, 1.165) is 12.1 Å². The Morgan fingerprint density at radius 1 is 1.20 bits per heavy atom. The lowest BCUT2D eigenvalue weighted by atomic mass is 10.1. The van der Waals surface area contributed by atoms with Crippen molar-refractivity contribution in [2.75, 3.05) is 19.6 Å². The first-order chi connectivity index (χ1) is 11.8. The molecule has 0 aliphatic carbocycles. The van der Waals surface area contributed by atoms with E-state index in [1.54, 1.807) is 4.90 Å². The molecule has 0 aliphatic rings. The number of nitrogens with zero attached hydrogens (tertiary/aromatic N) is 1. The van der Waals surface area contributed by atoms with Crippen LogP contribution in [-0.2, 0) is 15.8 Å². The van der Waals surface area contributed by atoms with Gasteiger partial charge in [0, 0.05) is 32.1 Å². The number of hydrogen-bond acceptors (Lipinski definition) is 2. The first kappa shape index (κ1) is 20.7. The highest BCUT2D eigenvalue weighted by atomic mass is 19.4. The fourth-order valence-electron chi connectivity index (χ4n) is 2.24. The normalized spacial score (nSPS) is 11.6. The SMILES string of the molecule is CCN(CC)C(=O)CCCNC(=O)/C=C/c1cccc(C(F)(F)F)c1. The Kier molecular flexibility index (Phi) is 8.18. The smallest absolute Gasteiger partial charge is 0.353 e. The number of carbonyl (C=O) groups excluding carboxylic acids is 2. The van der Waals surface area contributed by atoms with Crippen molar-refractivity contribution in [3.63, 3.8) is 0 Å². The highest BCUT2D eigenvalue weighted by molar-refractivity contribution is 5.91. The Morgan fingerprint density at radius 2 is 1.88 bits per heavy atom. The lowest BCUT2D eigenvalue weighted by Crippen LogP contribution is -2.31. The molecule has 0 fully saturated rings. The maximum absolute atomic E-state index is 12.6. The van der Waals surface area contributed by atoms with Gasteiger partial charge in [-0.15, -0.1) is 0 Å². The summed E-state index contributed by atoms with van der Waals surface area (Å²) in [5, 5.41) is 2.61. The summed E-state index contributed by atoms with van der Waals surface area (Å²) in [5.74, 6) is -0.369. The molecule has 138 valence electrons. The van der Waals surface area contributed by atoms with Crippen LogP contribution in [0.5, 0.6) is 0 Å². The topological polar surface area (TPSA) is 49.4 Å². The highest BCUT2D eigenvalue weighted by Gasteiger charge is 2.30. The largest absolute Gasteiger partial charge is 0.416 e. The van der Waals surface area contributed by atoms with Crippen LogP contribution in [-0.4, -0.2) is 36.3 Å². The number of carbonyl (C=O) groups is 2. The van der Waals surface area contributed by atoms with Crippen LogP contribution in [0.4, 0.5) is 13.2 Å². The van der Waals surface area contributed by atoms with Crippen LogP contribution < -0.4 is 5.32 Å². The van der Waals surface area contributed by atoms with Gasteiger partial charge in [0.25, 0.3) is 0 Å². The Labute approximate surface area is 145 Å². The van der Waals surface area contributed by atoms with Gasteiger partial charge in [0.05, 0.1) is 5.56 Å². The molecule has 0 spiro atoms. The average molecular weight is 356 g/mol. The second-order valence-corrected chi connectivity index (χ2v) is 5.42. The van der Waals surface area contributed by atoms with Crippen LogP contribution in [0.2, 0.25) is 0 Å². The number of halogens is 3. The van der Waals surface area contributed by atoms with Gasteiger partial charge < -0.3 is 10.2 Å². The fourth-order valence-corrected chi connectivity index (χ4v) is 2.24. The number of rotatable bonds is 8. The summed E-state index contributed by atoms with van der Waals surface area (Å²) in [6.45, 7) is 5.45. The van der Waals surface area contributed by atoms with Crippen LogP contribution in [0.15, 0.2) is 30.3 Å². The quantitative estimate of drug-likeness (QED) is 0.573. The molecule has 0 atom stereocenters. The molecule has 1 N–H and O–H groups in total. The molecule has 4 nitrogen and oxygen atoms in total. The molecule has 0 radical (unpaired) electrons. The lowest BCUT2D eigenvalue weighted by Gasteiger charge is -2.18. The summed E-state index contributed by atoms with van der Waals surface area (Å²) in [6.07, 6.45) is -1.05. The summed E-state index contributed by atoms with van der Waals surface area (Å²) >= 11 is 0. The molecule has 0 saturated heterocycles. The summed E-state index contributed by atoms with van der Waals surface area (Å²) < 4.78 is 37.8. The van der Waals surface area contributed by atoms with Crippen LogP contribution in [0, 0.1) is 0 Å². The standard InChI is InChI=1S/C18H23F3N2O2/c1-3-23(4-2)17(25)9-6-12-22-16(24)11-10-14-7-5-8-15(13-14)18(19,20)21/h5,7-8,10-11,13H,3-4,6,9,12H2,1-2H3,(H,22,24)/b11-10+. The maximum atomic E-state index is 12.6. The Bertz CT molecular complexity index is 609. The van der Waals surface area contributed by atoms with Crippen LogP contribution in [0.25, 0.3) is 6.08 Å². The van der Waals surface area contributed by atoms with Crippen molar-refractivity contribution in [2.24, 2.45) is 0 Å². The van der Waals surface area contributed by atoms with E-state index < -0.39 is 17.6 Å². The number of alkyl halides is 3. The molecule has 0 heterocycles. The van der Waals surface area contributed by atoms with Crippen LogP contribution in [0.1, 0.15) is 37.8 Å². The first-order valence-electron chi connectivity index (χ1n) is 8.18. The predicted molar refractivity (Wildman–Crippen MR) is 90.6 cm³/mol. The van der Waals surface area contributed by atoms with Gasteiger partial charge >= 0.3 is 6.18 Å². The summed E-state index contributed by atoms with van der Waals surface area (Å²) in [7, 11) is 0. The van der Waals surface area contributed by atoms with E-state index in [2.05, 4.69) is 5.32 Å². The zero-order valence-electron chi connectivity index (χ0n) is 14.4. The van der Waals surface area contributed by atoms with Crippen molar-refractivity contribution in [1.82, 2.24) is 10.2 Å². The third-order valence-corrected chi connectivity index (χ3v) is 3.62. The van der Waals surface area contributed by atoms with Crippen LogP contribution in [0.3, 0.4) is 0 Å². The van der Waals surface area contributed by atoms with E-state index >= 15 is 0 Å². The fraction of sp³-hybridized carbons (Fsp3) is 0.444. The van der Waals surface area contributed by atoms with Gasteiger partial charge in [-0.3, -0.25) is 9.59 Å². The molecule has 1 rings (SSSR count). The van der Waals surface area contributed by atoms with E-state index in [0.29, 0.717) is 38.0 Å². The molecule has 1 aromatic rings. The molecule has 7 heteroatoms. The second-order valence-electron chi connectivity index (χ2n) is 5.42. The highest BCUT2D eigenvalue weighted by Crippen LogP contribution is 2.29. The van der Waals surface area contributed by atoms with Crippen molar-refractivity contribution in [3.8, 4) is 0 Å². The second kappa shape index (κ2) is 9.86. The minimum absolute atomic E-state index is 0.0405. The molecule has 0 bridgehead atoms. The third-order valence-electron chi connectivity index (χ3n) is 3.62. The van der Waals surface area contributed by atoms with E-state index in [1.165, 1.54) is 24.3 Å². The van der Waals surface area contributed by atoms with Gasteiger partial charge in [-0.25, -0.2) is 0 Å². The number of hydrogen-bond donors (Lipinski definition) is 1. The monoisotopic (exact) mass is 356 g/mol. The Morgan fingerprint density at radius 3 is 2.48 bits per heavy atom.